The van der Waals surface area contributed by atoms with Gasteiger partial charge in [0.15, 0.2) is 11.5 Å². The summed E-state index contributed by atoms with van der Waals surface area (Å²) < 4.78 is 11.4. The number of halogens is 1. The Labute approximate surface area is 143 Å². The Balaban J connectivity index is 1.84. The molecule has 0 radical (unpaired) electrons. The fraction of sp³-hybridized carbons (Fsp3) is 0.667. The first-order chi connectivity index (χ1) is 11.1. The highest BCUT2D eigenvalue weighted by Gasteiger charge is 2.51. The van der Waals surface area contributed by atoms with Crippen LogP contribution in [0.2, 0.25) is 5.02 Å². The Morgan fingerprint density at radius 3 is 2.83 bits per heavy atom. The molecule has 1 saturated heterocycles. The largest absolute Gasteiger partial charge is 0.493 e. The molecule has 23 heavy (non-hydrogen) atoms. The molecule has 1 unspecified atom stereocenters. The summed E-state index contributed by atoms with van der Waals surface area (Å²) in [6.07, 6.45) is 4.99. The molecule has 2 aliphatic rings. The van der Waals surface area contributed by atoms with Crippen LogP contribution in [0, 0.1) is 0 Å². The van der Waals surface area contributed by atoms with Gasteiger partial charge in [0.05, 0.1) is 19.3 Å². The molecule has 1 saturated carbocycles. The number of nitrogens with zero attached hydrogens (tertiary/aromatic N) is 1. The van der Waals surface area contributed by atoms with Crippen molar-refractivity contribution in [2.45, 2.75) is 57.2 Å². The summed E-state index contributed by atoms with van der Waals surface area (Å²) in [5, 5.41) is 11.2. The molecule has 128 valence electrons. The average molecular weight is 340 g/mol. The number of benzene rings is 1. The van der Waals surface area contributed by atoms with Crippen molar-refractivity contribution in [1.82, 2.24) is 4.90 Å². The second kappa shape index (κ2) is 6.88. The van der Waals surface area contributed by atoms with E-state index in [2.05, 4.69) is 11.8 Å². The van der Waals surface area contributed by atoms with Crippen LogP contribution in [-0.2, 0) is 6.54 Å². The molecule has 1 atom stereocenters. The highest BCUT2D eigenvalue weighted by atomic mass is 35.5. The fourth-order valence-electron chi connectivity index (χ4n) is 3.56. The van der Waals surface area contributed by atoms with Gasteiger partial charge in [-0.25, -0.2) is 0 Å². The Morgan fingerprint density at radius 2 is 2.17 bits per heavy atom. The second-order valence-electron chi connectivity index (χ2n) is 6.68. The predicted octanol–water partition coefficient (Wildman–Crippen LogP) is 3.63. The van der Waals surface area contributed by atoms with E-state index in [0.717, 1.165) is 56.5 Å². The van der Waals surface area contributed by atoms with Crippen LogP contribution in [0.15, 0.2) is 12.1 Å². The molecule has 1 heterocycles. The van der Waals surface area contributed by atoms with E-state index < -0.39 is 5.60 Å². The average Bonchev–Trinajstić information content (AvgIpc) is 3.09. The van der Waals surface area contributed by atoms with Gasteiger partial charge in [-0.1, -0.05) is 18.5 Å². The van der Waals surface area contributed by atoms with Crippen molar-refractivity contribution < 1.29 is 14.6 Å². The van der Waals surface area contributed by atoms with E-state index in [1.165, 1.54) is 0 Å². The maximum absolute atomic E-state index is 10.5. The summed E-state index contributed by atoms with van der Waals surface area (Å²) in [4.78, 5) is 2.37. The Morgan fingerprint density at radius 1 is 1.39 bits per heavy atom. The van der Waals surface area contributed by atoms with E-state index >= 15 is 0 Å². The zero-order valence-electron chi connectivity index (χ0n) is 14.0. The monoisotopic (exact) mass is 339 g/mol. The van der Waals surface area contributed by atoms with Crippen molar-refractivity contribution in [3.05, 3.63) is 22.7 Å². The minimum Gasteiger partial charge on any atom is -0.493 e. The highest BCUT2D eigenvalue weighted by molar-refractivity contribution is 6.30. The van der Waals surface area contributed by atoms with Gasteiger partial charge in [-0.05, 0) is 44.7 Å². The van der Waals surface area contributed by atoms with E-state index in [1.807, 2.05) is 6.07 Å². The number of likely N-dealkylation sites (tertiary alicyclic amines) is 1. The Hall–Kier alpha value is -0.970. The number of rotatable bonds is 7. The number of ether oxygens (including phenoxy) is 2. The van der Waals surface area contributed by atoms with Gasteiger partial charge in [0, 0.05) is 29.2 Å². The lowest BCUT2D eigenvalue weighted by molar-refractivity contribution is 0.0477. The number of hydrogen-bond donors (Lipinski definition) is 1. The molecule has 2 fully saturated rings. The lowest BCUT2D eigenvalue weighted by Gasteiger charge is -2.29. The standard InChI is InChI=1S/C18H26ClNO3/c1-3-9-23-17-13(10-14(19)11-15(17)22-2)12-20-8-4-5-16(20)18(21)6-7-18/h10-11,16,21H,3-9,12H2,1-2H3. The zero-order valence-corrected chi connectivity index (χ0v) is 14.7. The van der Waals surface area contributed by atoms with Crippen LogP contribution in [-0.4, -0.2) is 41.9 Å². The first-order valence-electron chi connectivity index (χ1n) is 8.53. The molecule has 1 aliphatic carbocycles. The van der Waals surface area contributed by atoms with Crippen molar-refractivity contribution in [2.75, 3.05) is 20.3 Å². The molecule has 4 nitrogen and oxygen atoms in total. The summed E-state index contributed by atoms with van der Waals surface area (Å²) >= 11 is 6.26. The third-order valence-corrected chi connectivity index (χ3v) is 5.10. The second-order valence-corrected chi connectivity index (χ2v) is 7.11. The third kappa shape index (κ3) is 3.59. The van der Waals surface area contributed by atoms with E-state index in [9.17, 15) is 5.11 Å². The highest BCUT2D eigenvalue weighted by Crippen LogP contribution is 2.46. The van der Waals surface area contributed by atoms with Gasteiger partial charge >= 0.3 is 0 Å². The molecule has 0 amide bonds. The van der Waals surface area contributed by atoms with Crippen LogP contribution < -0.4 is 9.47 Å². The lowest BCUT2D eigenvalue weighted by atomic mass is 10.1. The topological polar surface area (TPSA) is 41.9 Å². The summed E-state index contributed by atoms with van der Waals surface area (Å²) in [5.74, 6) is 1.47. The maximum Gasteiger partial charge on any atom is 0.165 e. The Kier molecular flexibility index (Phi) is 5.04. The van der Waals surface area contributed by atoms with E-state index in [-0.39, 0.29) is 6.04 Å². The van der Waals surface area contributed by atoms with Crippen molar-refractivity contribution >= 4 is 11.6 Å². The number of methoxy groups -OCH3 is 1. The first-order valence-corrected chi connectivity index (χ1v) is 8.91. The first kappa shape index (κ1) is 16.9. The summed E-state index contributed by atoms with van der Waals surface area (Å²) in [7, 11) is 1.64. The van der Waals surface area contributed by atoms with Gasteiger partial charge in [-0.2, -0.15) is 0 Å². The van der Waals surface area contributed by atoms with Gasteiger partial charge in [-0.3, -0.25) is 4.90 Å². The van der Waals surface area contributed by atoms with E-state index in [0.29, 0.717) is 17.4 Å². The fourth-order valence-corrected chi connectivity index (χ4v) is 3.79. The minimum atomic E-state index is -0.469. The minimum absolute atomic E-state index is 0.256. The van der Waals surface area contributed by atoms with E-state index in [4.69, 9.17) is 21.1 Å². The molecule has 1 N–H and O–H groups in total. The maximum atomic E-state index is 10.5. The third-order valence-electron chi connectivity index (χ3n) is 4.89. The predicted molar refractivity (Wildman–Crippen MR) is 91.4 cm³/mol. The van der Waals surface area contributed by atoms with Crippen molar-refractivity contribution in [3.63, 3.8) is 0 Å². The van der Waals surface area contributed by atoms with Gasteiger partial charge in [0.1, 0.15) is 0 Å². The molecular weight excluding hydrogens is 314 g/mol. The van der Waals surface area contributed by atoms with Crippen LogP contribution in [0.4, 0.5) is 0 Å². The number of hydrogen-bond acceptors (Lipinski definition) is 4. The van der Waals surface area contributed by atoms with Gasteiger partial charge in [0.25, 0.3) is 0 Å². The number of aliphatic hydroxyl groups is 1. The normalized spacial score (nSPS) is 23.0. The zero-order chi connectivity index (χ0) is 16.4. The van der Waals surface area contributed by atoms with Crippen LogP contribution >= 0.6 is 11.6 Å². The molecule has 0 bridgehead atoms. The molecule has 1 aromatic carbocycles. The molecule has 1 aromatic rings. The summed E-state index contributed by atoms with van der Waals surface area (Å²) in [6.45, 7) is 4.48. The van der Waals surface area contributed by atoms with Crippen molar-refractivity contribution in [2.24, 2.45) is 0 Å². The summed E-state index contributed by atoms with van der Waals surface area (Å²) in [6, 6.07) is 4.01. The van der Waals surface area contributed by atoms with Gasteiger partial charge < -0.3 is 14.6 Å². The van der Waals surface area contributed by atoms with Crippen molar-refractivity contribution in [1.29, 1.82) is 0 Å². The van der Waals surface area contributed by atoms with Gasteiger partial charge in [0.2, 0.25) is 0 Å². The van der Waals surface area contributed by atoms with E-state index in [1.54, 1.807) is 13.2 Å². The summed E-state index contributed by atoms with van der Waals surface area (Å²) in [5.41, 5.74) is 0.572. The molecular formula is C18H26ClNO3. The van der Waals surface area contributed by atoms with Crippen LogP contribution in [0.5, 0.6) is 11.5 Å². The van der Waals surface area contributed by atoms with Crippen molar-refractivity contribution in [3.8, 4) is 11.5 Å². The lowest BCUT2D eigenvalue weighted by Crippen LogP contribution is -2.40. The molecule has 1 aliphatic heterocycles. The molecule has 3 rings (SSSR count). The Bertz CT molecular complexity index is 559. The quantitative estimate of drug-likeness (QED) is 0.823. The van der Waals surface area contributed by atoms with Crippen LogP contribution in [0.1, 0.15) is 44.6 Å². The molecule has 0 aromatic heterocycles. The molecule has 0 spiro atoms. The van der Waals surface area contributed by atoms with Gasteiger partial charge in [-0.15, -0.1) is 0 Å². The SMILES string of the molecule is CCCOc1c(CN2CCCC2C2(O)CC2)cc(Cl)cc1OC. The van der Waals surface area contributed by atoms with Crippen LogP contribution in [0.3, 0.4) is 0 Å². The molecule has 5 heteroatoms. The van der Waals surface area contributed by atoms with Crippen LogP contribution in [0.25, 0.3) is 0 Å². The smallest absolute Gasteiger partial charge is 0.165 e.